The van der Waals surface area contributed by atoms with E-state index in [9.17, 15) is 4.79 Å². The number of nitrogens with zero attached hydrogens (tertiary/aromatic N) is 2. The number of pyridine rings is 1. The average molecular weight is 529 g/mol. The molecule has 0 saturated carbocycles. The molecule has 0 spiro atoms. The van der Waals surface area contributed by atoms with E-state index in [1.165, 1.54) is 0 Å². The van der Waals surface area contributed by atoms with Crippen LogP contribution >= 0.6 is 0 Å². The number of para-hydroxylation sites is 2. The van der Waals surface area contributed by atoms with E-state index in [4.69, 9.17) is 8.83 Å². The van der Waals surface area contributed by atoms with Crippen LogP contribution in [0.4, 0.5) is 0 Å². The van der Waals surface area contributed by atoms with E-state index in [1.807, 2.05) is 73.1 Å². The van der Waals surface area contributed by atoms with Gasteiger partial charge in [-0.15, -0.1) is 0 Å². The van der Waals surface area contributed by atoms with Crippen LogP contribution in [0.2, 0.25) is 0 Å². The van der Waals surface area contributed by atoms with Gasteiger partial charge in [0.1, 0.15) is 22.3 Å². The van der Waals surface area contributed by atoms with Gasteiger partial charge in [-0.25, -0.2) is 0 Å². The van der Waals surface area contributed by atoms with Gasteiger partial charge in [0.2, 0.25) is 5.43 Å². The molecule has 0 fully saturated rings. The lowest BCUT2D eigenvalue weighted by Crippen LogP contribution is -2.02. The van der Waals surface area contributed by atoms with E-state index < -0.39 is 0 Å². The van der Waals surface area contributed by atoms with Crippen LogP contribution in [0.5, 0.6) is 0 Å². The first-order valence-electron chi connectivity index (χ1n) is 13.5. The van der Waals surface area contributed by atoms with Crippen molar-refractivity contribution in [2.45, 2.75) is 0 Å². The number of benzene rings is 5. The molecular formula is C36H20N2O3. The summed E-state index contributed by atoms with van der Waals surface area (Å²) in [6, 6.07) is 36.1. The maximum Gasteiger partial charge on any atom is 0.200 e. The summed E-state index contributed by atoms with van der Waals surface area (Å²) in [5.41, 5.74) is 7.96. The highest BCUT2D eigenvalue weighted by Crippen LogP contribution is 2.38. The van der Waals surface area contributed by atoms with Crippen molar-refractivity contribution >= 4 is 65.7 Å². The fourth-order valence-corrected chi connectivity index (χ4v) is 6.17. The predicted octanol–water partition coefficient (Wildman–Crippen LogP) is 9.00. The van der Waals surface area contributed by atoms with Crippen molar-refractivity contribution in [3.05, 3.63) is 132 Å². The minimum Gasteiger partial charge on any atom is -0.456 e. The van der Waals surface area contributed by atoms with Gasteiger partial charge in [0.25, 0.3) is 0 Å². The Hall–Kier alpha value is -5.68. The van der Waals surface area contributed by atoms with Crippen molar-refractivity contribution in [2.24, 2.45) is 0 Å². The van der Waals surface area contributed by atoms with Crippen molar-refractivity contribution in [3.8, 4) is 16.8 Å². The first kappa shape index (κ1) is 22.2. The fourth-order valence-electron chi connectivity index (χ4n) is 6.17. The second-order valence-electron chi connectivity index (χ2n) is 10.4. The second-order valence-corrected chi connectivity index (χ2v) is 10.4. The van der Waals surface area contributed by atoms with Gasteiger partial charge in [0.05, 0.1) is 28.0 Å². The number of aromatic nitrogens is 2. The summed E-state index contributed by atoms with van der Waals surface area (Å²) < 4.78 is 14.5. The standard InChI is InChI=1S/C36H20N2O3/c39-36-26-9-2-4-11-33(26)40-34-13-12-22(17-29(34)36)21-6-5-7-23(16-21)38-30-18-28-25-8-1-3-10-32(25)41-35(28)19-27(30)24-14-15-37-20-31(24)38/h1-20H. The number of hydrogen-bond donors (Lipinski definition) is 0. The number of hydrogen-bond acceptors (Lipinski definition) is 4. The molecule has 0 N–H and O–H groups in total. The van der Waals surface area contributed by atoms with Crippen molar-refractivity contribution < 1.29 is 8.83 Å². The van der Waals surface area contributed by atoms with Crippen LogP contribution in [-0.4, -0.2) is 9.55 Å². The molecule has 0 amide bonds. The van der Waals surface area contributed by atoms with Crippen LogP contribution in [-0.2, 0) is 0 Å². The first-order valence-corrected chi connectivity index (χ1v) is 13.5. The van der Waals surface area contributed by atoms with Crippen molar-refractivity contribution in [2.75, 3.05) is 0 Å². The predicted molar refractivity (Wildman–Crippen MR) is 165 cm³/mol. The van der Waals surface area contributed by atoms with E-state index in [2.05, 4.69) is 58.1 Å². The van der Waals surface area contributed by atoms with E-state index in [-0.39, 0.29) is 5.43 Å². The highest BCUT2D eigenvalue weighted by molar-refractivity contribution is 6.17. The molecule has 0 unspecified atom stereocenters. The molecular weight excluding hydrogens is 508 g/mol. The molecule has 9 rings (SSSR count). The summed E-state index contributed by atoms with van der Waals surface area (Å²) in [7, 11) is 0. The van der Waals surface area contributed by atoms with Crippen molar-refractivity contribution in [1.29, 1.82) is 0 Å². The summed E-state index contributed by atoms with van der Waals surface area (Å²) in [5, 5.41) is 5.54. The van der Waals surface area contributed by atoms with Crippen LogP contribution < -0.4 is 5.43 Å². The molecule has 0 aliphatic rings. The molecule has 9 aromatic rings. The van der Waals surface area contributed by atoms with Crippen LogP contribution in [0.3, 0.4) is 0 Å². The van der Waals surface area contributed by atoms with E-state index >= 15 is 0 Å². The molecule has 41 heavy (non-hydrogen) atoms. The SMILES string of the molecule is O=c1c2ccccc2oc2ccc(-c3cccc(-n4c5cnccc5c5cc6oc7ccccc7c6cc54)c3)cc12. The zero-order valence-corrected chi connectivity index (χ0v) is 21.7. The highest BCUT2D eigenvalue weighted by Gasteiger charge is 2.17. The van der Waals surface area contributed by atoms with Gasteiger partial charge in [0, 0.05) is 33.4 Å². The molecule has 5 nitrogen and oxygen atoms in total. The molecule has 192 valence electrons. The maximum absolute atomic E-state index is 13.3. The van der Waals surface area contributed by atoms with Gasteiger partial charge in [-0.1, -0.05) is 48.5 Å². The Bertz CT molecular complexity index is 2570. The van der Waals surface area contributed by atoms with Crippen LogP contribution in [0, 0.1) is 0 Å². The van der Waals surface area contributed by atoms with Crippen LogP contribution in [0.1, 0.15) is 0 Å². The molecule has 0 radical (unpaired) electrons. The summed E-state index contributed by atoms with van der Waals surface area (Å²) in [6.07, 6.45) is 3.74. The molecule has 0 bridgehead atoms. The summed E-state index contributed by atoms with van der Waals surface area (Å²) in [4.78, 5) is 17.8. The smallest absolute Gasteiger partial charge is 0.200 e. The summed E-state index contributed by atoms with van der Waals surface area (Å²) in [6.45, 7) is 0. The van der Waals surface area contributed by atoms with Gasteiger partial charge in [-0.3, -0.25) is 9.78 Å². The third-order valence-electron chi connectivity index (χ3n) is 8.08. The molecule has 5 aromatic carbocycles. The Labute approximate surface area is 232 Å². The Kier molecular flexibility index (Phi) is 4.41. The minimum atomic E-state index is -0.0234. The van der Waals surface area contributed by atoms with Crippen molar-refractivity contribution in [3.63, 3.8) is 0 Å². The Morgan fingerprint density at radius 2 is 1.27 bits per heavy atom. The number of fused-ring (bicyclic) bond motifs is 8. The van der Waals surface area contributed by atoms with Crippen molar-refractivity contribution in [1.82, 2.24) is 9.55 Å². The summed E-state index contributed by atoms with van der Waals surface area (Å²) in [5.74, 6) is 0. The Morgan fingerprint density at radius 1 is 0.512 bits per heavy atom. The van der Waals surface area contributed by atoms with Gasteiger partial charge in [-0.05, 0) is 71.8 Å². The second kappa shape index (κ2) is 8.16. The fraction of sp³-hybridized carbons (Fsp3) is 0. The molecule has 0 atom stereocenters. The normalized spacial score (nSPS) is 12.0. The van der Waals surface area contributed by atoms with Gasteiger partial charge in [0.15, 0.2) is 0 Å². The lowest BCUT2D eigenvalue weighted by atomic mass is 10.0. The molecule has 5 heteroatoms. The van der Waals surface area contributed by atoms with Gasteiger partial charge >= 0.3 is 0 Å². The molecule has 0 aliphatic heterocycles. The van der Waals surface area contributed by atoms with E-state index in [0.717, 1.165) is 60.6 Å². The zero-order chi connectivity index (χ0) is 27.1. The lowest BCUT2D eigenvalue weighted by Gasteiger charge is -2.11. The number of furan rings is 1. The average Bonchev–Trinajstić information content (AvgIpc) is 3.55. The Balaban J connectivity index is 1.29. The molecule has 0 saturated heterocycles. The highest BCUT2D eigenvalue weighted by atomic mass is 16.3. The van der Waals surface area contributed by atoms with E-state index in [1.54, 1.807) is 0 Å². The third-order valence-corrected chi connectivity index (χ3v) is 8.08. The topological polar surface area (TPSA) is 61.2 Å². The van der Waals surface area contributed by atoms with Crippen LogP contribution in [0.15, 0.2) is 135 Å². The molecule has 4 heterocycles. The third kappa shape index (κ3) is 3.17. The largest absolute Gasteiger partial charge is 0.456 e. The maximum atomic E-state index is 13.3. The minimum absolute atomic E-state index is 0.0234. The zero-order valence-electron chi connectivity index (χ0n) is 21.7. The molecule has 4 aromatic heterocycles. The molecule has 0 aliphatic carbocycles. The number of rotatable bonds is 2. The first-order chi connectivity index (χ1) is 20.2. The van der Waals surface area contributed by atoms with Gasteiger partial charge in [-0.2, -0.15) is 0 Å². The lowest BCUT2D eigenvalue weighted by molar-refractivity contribution is 0.660. The van der Waals surface area contributed by atoms with Gasteiger partial charge < -0.3 is 13.4 Å². The quantitative estimate of drug-likeness (QED) is 0.210. The van der Waals surface area contributed by atoms with Crippen LogP contribution in [0.25, 0.3) is 82.5 Å². The van der Waals surface area contributed by atoms with E-state index in [0.29, 0.717) is 21.9 Å². The summed E-state index contributed by atoms with van der Waals surface area (Å²) >= 11 is 0. The monoisotopic (exact) mass is 528 g/mol. The Morgan fingerprint density at radius 3 is 2.17 bits per heavy atom.